The van der Waals surface area contributed by atoms with E-state index < -0.39 is 18.1 Å². The summed E-state index contributed by atoms with van der Waals surface area (Å²) in [7, 11) is 0. The van der Waals surface area contributed by atoms with Crippen molar-refractivity contribution < 1.29 is 42.4 Å². The molecule has 0 atom stereocenters. The van der Waals surface area contributed by atoms with Crippen molar-refractivity contribution >= 4 is 11.9 Å². The maximum absolute atomic E-state index is 10.6. The van der Waals surface area contributed by atoms with Gasteiger partial charge in [-0.2, -0.15) is 13.2 Å². The predicted octanol–water partition coefficient (Wildman–Crippen LogP) is 4.69. The lowest BCUT2D eigenvalue weighted by atomic mass is 10.1. The summed E-state index contributed by atoms with van der Waals surface area (Å²) < 4.78 is 43.3. The number of benzene rings is 2. The van der Waals surface area contributed by atoms with E-state index in [1.165, 1.54) is 11.1 Å². The minimum atomic E-state index is -5.08. The van der Waals surface area contributed by atoms with Crippen LogP contribution in [0.3, 0.4) is 0 Å². The Balaban J connectivity index is 0.000000762. The first-order valence-electron chi connectivity index (χ1n) is 11.2. The van der Waals surface area contributed by atoms with E-state index in [9.17, 15) is 18.0 Å². The lowest BCUT2D eigenvalue weighted by Crippen LogP contribution is -2.21. The van der Waals surface area contributed by atoms with E-state index in [0.29, 0.717) is 19.8 Å². The molecule has 0 aliphatic rings. The van der Waals surface area contributed by atoms with Crippen LogP contribution in [-0.4, -0.2) is 54.6 Å². The largest absolute Gasteiger partial charge is 0.494 e. The van der Waals surface area contributed by atoms with Crippen LogP contribution >= 0.6 is 0 Å². The third kappa shape index (κ3) is 16.2. The second kappa shape index (κ2) is 17.3. The molecule has 2 aromatic carbocycles. The average Bonchev–Trinajstić information content (AvgIpc) is 2.81. The van der Waals surface area contributed by atoms with E-state index in [2.05, 4.69) is 29.6 Å². The summed E-state index contributed by atoms with van der Waals surface area (Å²) in [6.07, 6.45) is -1.05. The molecule has 0 saturated carbocycles. The highest BCUT2D eigenvalue weighted by Gasteiger charge is 2.38. The molecule has 0 spiro atoms. The number of nitrogens with one attached hydrogen (secondary N) is 1. The van der Waals surface area contributed by atoms with Gasteiger partial charge in [-0.3, -0.25) is 4.79 Å². The Kier molecular flexibility index (Phi) is 14.8. The highest BCUT2D eigenvalue weighted by atomic mass is 19.4. The molecule has 0 aliphatic carbocycles. The van der Waals surface area contributed by atoms with E-state index in [1.807, 2.05) is 30.3 Å². The number of alkyl halides is 3. The second-order valence-electron chi connectivity index (χ2n) is 7.54. The fraction of sp³-hybridized carbons (Fsp3) is 0.440. The van der Waals surface area contributed by atoms with Crippen LogP contribution in [0.1, 0.15) is 36.8 Å². The molecule has 0 radical (unpaired) electrons. The molecule has 0 aliphatic heterocycles. The number of carbonyl (C=O) groups is 2. The fourth-order valence-electron chi connectivity index (χ4n) is 2.79. The Bertz CT molecular complexity index is 862. The molecule has 0 saturated heterocycles. The molecule has 0 aromatic heterocycles. The van der Waals surface area contributed by atoms with Gasteiger partial charge in [0, 0.05) is 13.2 Å². The van der Waals surface area contributed by atoms with Crippen LogP contribution in [0.15, 0.2) is 54.6 Å². The maximum Gasteiger partial charge on any atom is 0.490 e. The van der Waals surface area contributed by atoms with E-state index in [1.54, 1.807) is 0 Å². The van der Waals surface area contributed by atoms with Gasteiger partial charge in [-0.25, -0.2) is 4.79 Å². The number of halogens is 3. The van der Waals surface area contributed by atoms with Crippen LogP contribution in [0.5, 0.6) is 5.75 Å². The molecule has 7 nitrogen and oxygen atoms in total. The molecule has 0 bridgehead atoms. The smallest absolute Gasteiger partial charge is 0.490 e. The van der Waals surface area contributed by atoms with Gasteiger partial charge in [-0.15, -0.1) is 0 Å². The summed E-state index contributed by atoms with van der Waals surface area (Å²) in [5.74, 6) is -2.62. The summed E-state index contributed by atoms with van der Waals surface area (Å²) in [6, 6.07) is 18.4. The maximum atomic E-state index is 10.6. The monoisotopic (exact) mass is 499 g/mol. The quantitative estimate of drug-likeness (QED) is 0.305. The minimum absolute atomic E-state index is 0.167. The molecule has 2 aromatic rings. The van der Waals surface area contributed by atoms with Crippen molar-refractivity contribution in [3.8, 4) is 5.75 Å². The number of hydrogen-bond acceptors (Lipinski definition) is 5. The fourth-order valence-corrected chi connectivity index (χ4v) is 2.79. The first-order valence-corrected chi connectivity index (χ1v) is 11.2. The van der Waals surface area contributed by atoms with Gasteiger partial charge in [0.2, 0.25) is 0 Å². The van der Waals surface area contributed by atoms with Gasteiger partial charge in [0.05, 0.1) is 19.6 Å². The molecular formula is C25H32F3NO6. The Morgan fingerprint density at radius 2 is 1.51 bits per heavy atom. The molecule has 0 unspecified atom stereocenters. The summed E-state index contributed by atoms with van der Waals surface area (Å²) in [4.78, 5) is 19.3. The average molecular weight is 500 g/mol. The number of aliphatic carboxylic acids is 2. The zero-order chi connectivity index (χ0) is 25.9. The van der Waals surface area contributed by atoms with E-state index in [0.717, 1.165) is 44.6 Å². The zero-order valence-corrected chi connectivity index (χ0v) is 19.4. The Labute approximate surface area is 202 Å². The van der Waals surface area contributed by atoms with Gasteiger partial charge in [0.25, 0.3) is 0 Å². The van der Waals surface area contributed by atoms with Crippen molar-refractivity contribution in [2.45, 2.75) is 44.9 Å². The van der Waals surface area contributed by atoms with Crippen molar-refractivity contribution in [1.82, 2.24) is 5.32 Å². The molecule has 2 rings (SSSR count). The van der Waals surface area contributed by atoms with Gasteiger partial charge >= 0.3 is 18.1 Å². The number of carboxylic acids is 2. The van der Waals surface area contributed by atoms with Gasteiger partial charge in [-0.05, 0) is 55.5 Å². The number of rotatable bonds is 15. The molecular weight excluding hydrogens is 467 g/mol. The molecule has 0 amide bonds. The van der Waals surface area contributed by atoms with Gasteiger partial charge < -0.3 is 25.0 Å². The lowest BCUT2D eigenvalue weighted by Gasteiger charge is -2.09. The molecule has 3 N–H and O–H groups in total. The standard InChI is InChI=1S/C23H31NO4.C2HF3O2/c25-23(26)13-15-24-14-7-11-20-10-6-12-22(18-20)28-17-5-4-16-27-19-21-8-2-1-3-9-21;3-2(4,5)1(6)7/h1-3,6,8-10,12,18,24H,4-5,7,11,13-17,19H2,(H,25,26);(H,6,7). The number of hydrogen-bond donors (Lipinski definition) is 3. The third-order valence-corrected chi connectivity index (χ3v) is 4.54. The Morgan fingerprint density at radius 3 is 2.17 bits per heavy atom. The minimum Gasteiger partial charge on any atom is -0.494 e. The van der Waals surface area contributed by atoms with Crippen molar-refractivity contribution in [2.24, 2.45) is 0 Å². The SMILES string of the molecule is O=C(O)C(F)(F)F.O=C(O)CCNCCCc1cccc(OCCCCOCc2ccccc2)c1. The number of ether oxygens (including phenoxy) is 2. The van der Waals surface area contributed by atoms with Gasteiger partial charge in [0.15, 0.2) is 0 Å². The molecule has 0 fully saturated rings. The van der Waals surface area contributed by atoms with Crippen LogP contribution < -0.4 is 10.1 Å². The van der Waals surface area contributed by atoms with Gasteiger partial charge in [-0.1, -0.05) is 42.5 Å². The second-order valence-corrected chi connectivity index (χ2v) is 7.54. The van der Waals surface area contributed by atoms with Crippen LogP contribution in [0.4, 0.5) is 13.2 Å². The lowest BCUT2D eigenvalue weighted by molar-refractivity contribution is -0.192. The van der Waals surface area contributed by atoms with E-state index in [-0.39, 0.29) is 6.42 Å². The summed E-state index contributed by atoms with van der Waals surface area (Å²) in [5, 5.41) is 18.9. The Morgan fingerprint density at radius 1 is 0.857 bits per heavy atom. The highest BCUT2D eigenvalue weighted by Crippen LogP contribution is 2.15. The van der Waals surface area contributed by atoms with Crippen LogP contribution in [0.25, 0.3) is 0 Å². The molecule has 194 valence electrons. The number of unbranched alkanes of at least 4 members (excludes halogenated alkanes) is 1. The van der Waals surface area contributed by atoms with Crippen molar-refractivity contribution in [1.29, 1.82) is 0 Å². The first kappa shape index (κ1) is 29.9. The van der Waals surface area contributed by atoms with Crippen LogP contribution in [0, 0.1) is 0 Å². The third-order valence-electron chi connectivity index (χ3n) is 4.54. The summed E-state index contributed by atoms with van der Waals surface area (Å²) >= 11 is 0. The van der Waals surface area contributed by atoms with Crippen molar-refractivity contribution in [3.05, 3.63) is 65.7 Å². The molecule has 35 heavy (non-hydrogen) atoms. The number of aryl methyl sites for hydroxylation is 1. The zero-order valence-electron chi connectivity index (χ0n) is 19.4. The summed E-state index contributed by atoms with van der Waals surface area (Å²) in [5.41, 5.74) is 2.44. The van der Waals surface area contributed by atoms with E-state index in [4.69, 9.17) is 24.5 Å². The molecule has 10 heteroatoms. The van der Waals surface area contributed by atoms with Crippen LogP contribution in [0.2, 0.25) is 0 Å². The summed E-state index contributed by atoms with van der Waals surface area (Å²) in [6.45, 7) is 3.44. The Hall–Kier alpha value is -3.11. The van der Waals surface area contributed by atoms with Crippen molar-refractivity contribution in [3.63, 3.8) is 0 Å². The normalized spacial score (nSPS) is 10.8. The first-order chi connectivity index (χ1) is 16.7. The highest BCUT2D eigenvalue weighted by molar-refractivity contribution is 5.73. The number of carboxylic acid groups (broad SMARTS) is 2. The van der Waals surface area contributed by atoms with Crippen molar-refractivity contribution in [2.75, 3.05) is 26.3 Å². The van der Waals surface area contributed by atoms with E-state index >= 15 is 0 Å². The predicted molar refractivity (Wildman–Crippen MR) is 124 cm³/mol. The van der Waals surface area contributed by atoms with Crippen LogP contribution in [-0.2, 0) is 27.4 Å². The molecule has 0 heterocycles. The topological polar surface area (TPSA) is 105 Å². The van der Waals surface area contributed by atoms with Gasteiger partial charge in [0.1, 0.15) is 5.75 Å².